The highest BCUT2D eigenvalue weighted by Crippen LogP contribution is 2.34. The van der Waals surface area contributed by atoms with Crippen LogP contribution in [0.25, 0.3) is 0 Å². The minimum atomic E-state index is -4.42. The molecular formula is C13H11F3N2O. The van der Waals surface area contributed by atoms with Crippen LogP contribution < -0.4 is 5.43 Å². The zero-order valence-electron chi connectivity index (χ0n) is 10.0. The first-order chi connectivity index (χ1) is 8.97. The van der Waals surface area contributed by atoms with Crippen molar-refractivity contribution in [1.82, 2.24) is 0 Å². The first-order valence-electron chi connectivity index (χ1n) is 5.48. The fourth-order valence-electron chi connectivity index (χ4n) is 1.52. The van der Waals surface area contributed by atoms with E-state index in [1.807, 2.05) is 0 Å². The number of anilines is 1. The van der Waals surface area contributed by atoms with Crippen LogP contribution in [-0.4, -0.2) is 6.21 Å². The van der Waals surface area contributed by atoms with Crippen molar-refractivity contribution in [2.24, 2.45) is 5.10 Å². The number of hydrogen-bond acceptors (Lipinski definition) is 3. The Morgan fingerprint density at radius 1 is 1.16 bits per heavy atom. The number of aryl methyl sites for hydroxylation is 1. The molecule has 0 saturated heterocycles. The van der Waals surface area contributed by atoms with E-state index in [4.69, 9.17) is 4.42 Å². The third kappa shape index (κ3) is 3.37. The predicted octanol–water partition coefficient (Wildman–Crippen LogP) is 4.05. The molecule has 0 bridgehead atoms. The number of para-hydroxylation sites is 1. The van der Waals surface area contributed by atoms with Crippen molar-refractivity contribution < 1.29 is 17.6 Å². The Bertz CT molecular complexity index is 588. The molecule has 3 nitrogen and oxygen atoms in total. The maximum absolute atomic E-state index is 12.7. The number of nitrogens with one attached hydrogen (secondary N) is 1. The number of benzene rings is 1. The summed E-state index contributed by atoms with van der Waals surface area (Å²) in [5.41, 5.74) is 1.50. The van der Waals surface area contributed by atoms with E-state index in [0.717, 1.165) is 6.07 Å². The zero-order chi connectivity index (χ0) is 13.9. The molecule has 2 aromatic rings. The first-order valence-corrected chi connectivity index (χ1v) is 5.48. The Kier molecular flexibility index (Phi) is 3.59. The molecule has 1 aromatic heterocycles. The lowest BCUT2D eigenvalue weighted by Crippen LogP contribution is -2.08. The van der Waals surface area contributed by atoms with E-state index >= 15 is 0 Å². The molecule has 0 atom stereocenters. The van der Waals surface area contributed by atoms with Crippen molar-refractivity contribution in [3.8, 4) is 0 Å². The van der Waals surface area contributed by atoms with Crippen LogP contribution in [0.1, 0.15) is 17.1 Å². The molecule has 6 heteroatoms. The zero-order valence-corrected chi connectivity index (χ0v) is 10.0. The maximum atomic E-state index is 12.7. The Morgan fingerprint density at radius 3 is 2.53 bits per heavy atom. The van der Waals surface area contributed by atoms with Crippen LogP contribution in [0.5, 0.6) is 0 Å². The van der Waals surface area contributed by atoms with Crippen molar-refractivity contribution >= 4 is 11.9 Å². The van der Waals surface area contributed by atoms with Crippen molar-refractivity contribution in [3.05, 3.63) is 53.5 Å². The number of nitrogens with zero attached hydrogens (tertiary/aromatic N) is 1. The molecule has 0 saturated carbocycles. The molecule has 0 aliphatic carbocycles. The van der Waals surface area contributed by atoms with Crippen molar-refractivity contribution in [2.75, 3.05) is 5.43 Å². The maximum Gasteiger partial charge on any atom is 0.418 e. The summed E-state index contributed by atoms with van der Waals surface area (Å²) in [7, 11) is 0. The van der Waals surface area contributed by atoms with Gasteiger partial charge in [-0.2, -0.15) is 18.3 Å². The molecule has 2 rings (SSSR count). The summed E-state index contributed by atoms with van der Waals surface area (Å²) >= 11 is 0. The standard InChI is InChI=1S/C13H11F3N2O/c1-9-6-7-10(19-9)8-17-18-12-5-3-2-4-11(12)13(14,15)16/h2-8,18H,1H3/b17-8+. The smallest absolute Gasteiger partial charge is 0.418 e. The molecule has 0 aliphatic heterocycles. The third-order valence-corrected chi connectivity index (χ3v) is 2.37. The van der Waals surface area contributed by atoms with Crippen LogP contribution in [0.3, 0.4) is 0 Å². The predicted molar refractivity (Wildman–Crippen MR) is 66.1 cm³/mol. The lowest BCUT2D eigenvalue weighted by atomic mass is 10.2. The minimum Gasteiger partial charge on any atom is -0.460 e. The van der Waals surface area contributed by atoms with E-state index in [9.17, 15) is 13.2 Å². The van der Waals surface area contributed by atoms with E-state index in [1.54, 1.807) is 19.1 Å². The van der Waals surface area contributed by atoms with Crippen molar-refractivity contribution in [3.63, 3.8) is 0 Å². The van der Waals surface area contributed by atoms with E-state index in [2.05, 4.69) is 10.5 Å². The van der Waals surface area contributed by atoms with Crippen LogP contribution in [-0.2, 0) is 6.18 Å². The van der Waals surface area contributed by atoms with Gasteiger partial charge >= 0.3 is 6.18 Å². The van der Waals surface area contributed by atoms with Gasteiger partial charge in [-0.15, -0.1) is 0 Å². The number of hydrogen-bond donors (Lipinski definition) is 1. The largest absolute Gasteiger partial charge is 0.460 e. The minimum absolute atomic E-state index is 0.102. The average molecular weight is 268 g/mol. The molecule has 0 aliphatic rings. The molecule has 0 fully saturated rings. The number of alkyl halides is 3. The Morgan fingerprint density at radius 2 is 1.89 bits per heavy atom. The molecule has 0 spiro atoms. The highest BCUT2D eigenvalue weighted by Gasteiger charge is 2.33. The lowest BCUT2D eigenvalue weighted by Gasteiger charge is -2.11. The summed E-state index contributed by atoms with van der Waals surface area (Å²) in [6.07, 6.45) is -3.10. The van der Waals surface area contributed by atoms with Gasteiger partial charge in [-0.25, -0.2) is 0 Å². The normalized spacial score (nSPS) is 12.0. The van der Waals surface area contributed by atoms with Gasteiger partial charge in [0.25, 0.3) is 0 Å². The monoisotopic (exact) mass is 268 g/mol. The van der Waals surface area contributed by atoms with Crippen LogP contribution in [0, 0.1) is 6.92 Å². The summed E-state index contributed by atoms with van der Waals surface area (Å²) in [6, 6.07) is 8.56. The second-order valence-electron chi connectivity index (χ2n) is 3.86. The highest BCUT2D eigenvalue weighted by atomic mass is 19.4. The van der Waals surface area contributed by atoms with Crippen LogP contribution in [0.15, 0.2) is 45.9 Å². The second kappa shape index (κ2) is 5.17. The second-order valence-corrected chi connectivity index (χ2v) is 3.86. The van der Waals surface area contributed by atoms with Gasteiger partial charge < -0.3 is 4.42 Å². The summed E-state index contributed by atoms with van der Waals surface area (Å²) in [6.45, 7) is 1.77. The first kappa shape index (κ1) is 13.2. The molecule has 0 unspecified atom stereocenters. The summed E-state index contributed by atoms with van der Waals surface area (Å²) in [4.78, 5) is 0. The fraction of sp³-hybridized carbons (Fsp3) is 0.154. The molecular weight excluding hydrogens is 257 g/mol. The van der Waals surface area contributed by atoms with Gasteiger partial charge in [-0.05, 0) is 31.2 Å². The van der Waals surface area contributed by atoms with Gasteiger partial charge in [-0.1, -0.05) is 12.1 Å². The molecule has 1 N–H and O–H groups in total. The Labute approximate surface area is 107 Å². The van der Waals surface area contributed by atoms with Gasteiger partial charge in [0.1, 0.15) is 11.5 Å². The number of hydrazone groups is 1. The Balaban J connectivity index is 2.14. The van der Waals surface area contributed by atoms with Crippen molar-refractivity contribution in [2.45, 2.75) is 13.1 Å². The van der Waals surface area contributed by atoms with E-state index in [-0.39, 0.29) is 5.69 Å². The van der Waals surface area contributed by atoms with Gasteiger partial charge in [0.2, 0.25) is 0 Å². The molecule has 19 heavy (non-hydrogen) atoms. The van der Waals surface area contributed by atoms with Gasteiger partial charge in [0, 0.05) is 0 Å². The van der Waals surface area contributed by atoms with E-state index < -0.39 is 11.7 Å². The quantitative estimate of drug-likeness (QED) is 0.673. The molecule has 1 aromatic carbocycles. The lowest BCUT2D eigenvalue weighted by molar-refractivity contribution is -0.136. The van der Waals surface area contributed by atoms with Gasteiger partial charge in [-0.3, -0.25) is 5.43 Å². The van der Waals surface area contributed by atoms with Crippen LogP contribution >= 0.6 is 0 Å². The summed E-state index contributed by atoms with van der Waals surface area (Å²) in [5, 5.41) is 3.73. The van der Waals surface area contributed by atoms with Crippen LogP contribution in [0.4, 0.5) is 18.9 Å². The topological polar surface area (TPSA) is 37.5 Å². The third-order valence-electron chi connectivity index (χ3n) is 2.37. The SMILES string of the molecule is Cc1ccc(/C=N/Nc2ccccc2C(F)(F)F)o1. The van der Waals surface area contributed by atoms with Gasteiger partial charge in [0.15, 0.2) is 0 Å². The summed E-state index contributed by atoms with van der Waals surface area (Å²) < 4.78 is 43.3. The van der Waals surface area contributed by atoms with Crippen molar-refractivity contribution in [1.29, 1.82) is 0 Å². The van der Waals surface area contributed by atoms with E-state index in [0.29, 0.717) is 11.5 Å². The molecule has 0 amide bonds. The fourth-order valence-corrected chi connectivity index (χ4v) is 1.52. The molecule has 100 valence electrons. The average Bonchev–Trinajstić information content (AvgIpc) is 2.74. The highest BCUT2D eigenvalue weighted by molar-refractivity contribution is 5.76. The van der Waals surface area contributed by atoms with Crippen LogP contribution in [0.2, 0.25) is 0 Å². The summed E-state index contributed by atoms with van der Waals surface area (Å²) in [5.74, 6) is 1.17. The molecule has 0 radical (unpaired) electrons. The number of furan rings is 1. The van der Waals surface area contributed by atoms with E-state index in [1.165, 1.54) is 24.4 Å². The number of halogens is 3. The molecule has 1 heterocycles. The number of rotatable bonds is 3. The van der Waals surface area contributed by atoms with Gasteiger partial charge in [0.05, 0.1) is 17.5 Å². The Hall–Kier alpha value is -2.24.